The van der Waals surface area contributed by atoms with Crippen LogP contribution in [0.2, 0.25) is 0 Å². The van der Waals surface area contributed by atoms with Crippen LogP contribution >= 0.6 is 0 Å². The number of hydrogen-bond donors (Lipinski definition) is 1. The molecule has 0 aliphatic carbocycles. The van der Waals surface area contributed by atoms with Gasteiger partial charge in [-0.25, -0.2) is 4.39 Å². The zero-order chi connectivity index (χ0) is 15.7. The summed E-state index contributed by atoms with van der Waals surface area (Å²) in [6, 6.07) is 11.3. The van der Waals surface area contributed by atoms with E-state index in [4.69, 9.17) is 0 Å². The first kappa shape index (κ1) is 13.7. The third-order valence-corrected chi connectivity index (χ3v) is 3.22. The molecule has 3 aromatic rings. The summed E-state index contributed by atoms with van der Waals surface area (Å²) >= 11 is 0. The number of hydrogen-bond acceptors (Lipinski definition) is 4. The Morgan fingerprint density at radius 1 is 1.09 bits per heavy atom. The van der Waals surface area contributed by atoms with E-state index in [2.05, 4.69) is 5.32 Å². The molecule has 1 heterocycles. The molecule has 0 fully saturated rings. The van der Waals surface area contributed by atoms with E-state index in [0.717, 1.165) is 0 Å². The van der Waals surface area contributed by atoms with E-state index in [0.29, 0.717) is 16.1 Å². The number of benzene rings is 2. The average molecular weight is 299 g/mol. The van der Waals surface area contributed by atoms with Crippen molar-refractivity contribution in [3.63, 3.8) is 0 Å². The highest BCUT2D eigenvalue weighted by Crippen LogP contribution is 2.30. The van der Waals surface area contributed by atoms with Crippen molar-refractivity contribution in [2.45, 2.75) is 0 Å². The van der Waals surface area contributed by atoms with E-state index in [-0.39, 0.29) is 22.4 Å². The molecule has 0 saturated heterocycles. The largest absolute Gasteiger partial charge is 0.618 e. The summed E-state index contributed by atoms with van der Waals surface area (Å²) in [5, 5.41) is 26.3. The van der Waals surface area contributed by atoms with E-state index in [1.807, 2.05) is 0 Å². The Morgan fingerprint density at radius 2 is 1.82 bits per heavy atom. The summed E-state index contributed by atoms with van der Waals surface area (Å²) in [6.45, 7) is 0. The Kier molecular flexibility index (Phi) is 3.30. The Bertz CT molecular complexity index is 866. The molecule has 6 nitrogen and oxygen atoms in total. The summed E-state index contributed by atoms with van der Waals surface area (Å²) in [7, 11) is 0. The maximum atomic E-state index is 12.9. The van der Waals surface area contributed by atoms with Gasteiger partial charge in [0.05, 0.1) is 4.92 Å². The molecule has 2 aromatic carbocycles. The predicted molar refractivity (Wildman–Crippen MR) is 79.2 cm³/mol. The second kappa shape index (κ2) is 5.28. The molecule has 0 aliphatic heterocycles. The lowest BCUT2D eigenvalue weighted by molar-refractivity contribution is -0.576. The summed E-state index contributed by atoms with van der Waals surface area (Å²) in [6.07, 6.45) is 1.27. The number of nitrogens with one attached hydrogen (secondary N) is 1. The average Bonchev–Trinajstić information content (AvgIpc) is 2.49. The number of rotatable bonds is 3. The van der Waals surface area contributed by atoms with Crippen molar-refractivity contribution in [2.24, 2.45) is 0 Å². The Morgan fingerprint density at radius 3 is 2.50 bits per heavy atom. The number of halogens is 1. The van der Waals surface area contributed by atoms with Crippen molar-refractivity contribution in [3.8, 4) is 0 Å². The first-order valence-corrected chi connectivity index (χ1v) is 6.38. The number of anilines is 2. The molecule has 0 atom stereocenters. The molecule has 0 saturated carbocycles. The van der Waals surface area contributed by atoms with Crippen molar-refractivity contribution in [2.75, 3.05) is 5.32 Å². The molecule has 0 bridgehead atoms. The molecule has 0 unspecified atom stereocenters. The van der Waals surface area contributed by atoms with Gasteiger partial charge in [-0.05, 0) is 36.4 Å². The summed E-state index contributed by atoms with van der Waals surface area (Å²) in [4.78, 5) is 10.5. The second-order valence-electron chi connectivity index (χ2n) is 4.62. The molecule has 3 rings (SSSR count). The highest BCUT2D eigenvalue weighted by atomic mass is 19.1. The number of fused-ring (bicyclic) bond motifs is 1. The van der Waals surface area contributed by atoms with Crippen LogP contribution in [0, 0.1) is 21.1 Å². The molecule has 0 radical (unpaired) electrons. The standard InChI is InChI=1S/C15H10FN3O3/c16-10-3-5-11(6-4-10)17-13-7-8-14(19(21)22)12-2-1-9-18(20)15(12)13/h1-9,17H. The lowest BCUT2D eigenvalue weighted by Crippen LogP contribution is -2.26. The molecule has 22 heavy (non-hydrogen) atoms. The third kappa shape index (κ3) is 2.39. The van der Waals surface area contributed by atoms with Gasteiger partial charge in [-0.1, -0.05) is 0 Å². The Labute approximate surface area is 124 Å². The van der Waals surface area contributed by atoms with Gasteiger partial charge in [-0.2, -0.15) is 4.73 Å². The Balaban J connectivity index is 2.16. The predicted octanol–water partition coefficient (Wildman–Crippen LogP) is 3.26. The SMILES string of the molecule is O=[N+]([O-])c1ccc(Nc2ccc(F)cc2)c2c1ccc[n+]2[O-]. The monoisotopic (exact) mass is 299 g/mol. The number of aromatic nitrogens is 1. The van der Waals surface area contributed by atoms with Crippen LogP contribution in [0.25, 0.3) is 10.9 Å². The van der Waals surface area contributed by atoms with Gasteiger partial charge in [-0.3, -0.25) is 10.1 Å². The van der Waals surface area contributed by atoms with E-state index in [9.17, 15) is 19.7 Å². The number of pyridine rings is 1. The first-order chi connectivity index (χ1) is 10.6. The lowest BCUT2D eigenvalue weighted by atomic mass is 10.1. The fraction of sp³-hybridized carbons (Fsp3) is 0. The fourth-order valence-corrected chi connectivity index (χ4v) is 2.24. The molecule has 7 heteroatoms. The van der Waals surface area contributed by atoms with Crippen molar-refractivity contribution in [1.29, 1.82) is 0 Å². The fourth-order valence-electron chi connectivity index (χ4n) is 2.24. The molecular formula is C15H10FN3O3. The zero-order valence-electron chi connectivity index (χ0n) is 11.2. The molecule has 1 aromatic heterocycles. The smallest absolute Gasteiger partial charge is 0.283 e. The van der Waals surface area contributed by atoms with E-state index in [1.165, 1.54) is 54.7 Å². The molecular weight excluding hydrogens is 289 g/mol. The van der Waals surface area contributed by atoms with Gasteiger partial charge in [0, 0.05) is 17.8 Å². The maximum Gasteiger partial charge on any atom is 0.283 e. The van der Waals surface area contributed by atoms with Crippen LogP contribution in [0.5, 0.6) is 0 Å². The van der Waals surface area contributed by atoms with Gasteiger partial charge in [0.1, 0.15) is 16.9 Å². The van der Waals surface area contributed by atoms with Crippen LogP contribution in [-0.2, 0) is 0 Å². The zero-order valence-corrected chi connectivity index (χ0v) is 11.2. The number of nitro groups is 1. The van der Waals surface area contributed by atoms with Gasteiger partial charge >= 0.3 is 0 Å². The van der Waals surface area contributed by atoms with Crippen LogP contribution < -0.4 is 10.0 Å². The summed E-state index contributed by atoms with van der Waals surface area (Å²) in [5.41, 5.74) is 0.981. The van der Waals surface area contributed by atoms with Gasteiger partial charge < -0.3 is 10.5 Å². The molecule has 110 valence electrons. The minimum atomic E-state index is -0.538. The van der Waals surface area contributed by atoms with Crippen molar-refractivity contribution in [3.05, 3.63) is 75.9 Å². The highest BCUT2D eigenvalue weighted by Gasteiger charge is 2.20. The van der Waals surface area contributed by atoms with E-state index >= 15 is 0 Å². The Hall–Kier alpha value is -3.22. The van der Waals surface area contributed by atoms with E-state index in [1.54, 1.807) is 0 Å². The van der Waals surface area contributed by atoms with Crippen LogP contribution in [-0.4, -0.2) is 4.92 Å². The van der Waals surface area contributed by atoms with Crippen molar-refractivity contribution in [1.82, 2.24) is 0 Å². The van der Waals surface area contributed by atoms with Gasteiger partial charge in [-0.15, -0.1) is 0 Å². The quantitative estimate of drug-likeness (QED) is 0.348. The normalized spacial score (nSPS) is 10.6. The molecule has 0 amide bonds. The first-order valence-electron chi connectivity index (χ1n) is 6.38. The van der Waals surface area contributed by atoms with Crippen LogP contribution in [0.1, 0.15) is 0 Å². The molecule has 0 spiro atoms. The van der Waals surface area contributed by atoms with Crippen molar-refractivity contribution < 1.29 is 14.0 Å². The van der Waals surface area contributed by atoms with Gasteiger partial charge in [0.25, 0.3) is 11.2 Å². The minimum Gasteiger partial charge on any atom is -0.618 e. The number of nitrogens with zero attached hydrogens (tertiary/aromatic N) is 2. The van der Waals surface area contributed by atoms with Crippen LogP contribution in [0.4, 0.5) is 21.5 Å². The van der Waals surface area contributed by atoms with Gasteiger partial charge in [0.15, 0.2) is 6.20 Å². The summed E-state index contributed by atoms with van der Waals surface area (Å²) < 4.78 is 13.5. The van der Waals surface area contributed by atoms with Crippen LogP contribution in [0.3, 0.4) is 0 Å². The minimum absolute atomic E-state index is 0.148. The summed E-state index contributed by atoms with van der Waals surface area (Å²) in [5.74, 6) is -0.377. The highest BCUT2D eigenvalue weighted by molar-refractivity contribution is 5.95. The lowest BCUT2D eigenvalue weighted by Gasteiger charge is -2.09. The van der Waals surface area contributed by atoms with E-state index < -0.39 is 4.92 Å². The maximum absolute atomic E-state index is 12.9. The van der Waals surface area contributed by atoms with Crippen molar-refractivity contribution >= 4 is 28.0 Å². The number of non-ortho nitro benzene ring substituents is 1. The second-order valence-corrected chi connectivity index (χ2v) is 4.62. The topological polar surface area (TPSA) is 82.1 Å². The molecule has 1 N–H and O–H groups in total. The van der Waals surface area contributed by atoms with Crippen LogP contribution in [0.15, 0.2) is 54.7 Å². The number of nitro benzene ring substituents is 1. The van der Waals surface area contributed by atoms with Gasteiger partial charge in [0.2, 0.25) is 0 Å². The molecule has 0 aliphatic rings. The third-order valence-electron chi connectivity index (χ3n) is 3.22.